The van der Waals surface area contributed by atoms with Crippen LogP contribution >= 0.6 is 0 Å². The molecule has 0 amide bonds. The summed E-state index contributed by atoms with van der Waals surface area (Å²) < 4.78 is 19.0. The molecule has 3 heterocycles. The SMILES string of the molecule is CO.Fc1cccc(N2CCCC(Nc3cc(N4CCOCC4)ccn3)C2)c1. The Morgan fingerprint density at radius 1 is 1.07 bits per heavy atom. The molecule has 28 heavy (non-hydrogen) atoms. The lowest BCUT2D eigenvalue weighted by Crippen LogP contribution is -2.42. The monoisotopic (exact) mass is 388 g/mol. The first-order valence-corrected chi connectivity index (χ1v) is 9.78. The van der Waals surface area contributed by atoms with E-state index in [4.69, 9.17) is 9.84 Å². The molecule has 1 aromatic carbocycles. The lowest BCUT2D eigenvalue weighted by molar-refractivity contribution is 0.122. The van der Waals surface area contributed by atoms with Crippen molar-refractivity contribution in [2.45, 2.75) is 18.9 Å². The molecule has 2 saturated heterocycles. The quantitative estimate of drug-likeness (QED) is 0.840. The Balaban J connectivity index is 0.00000109. The van der Waals surface area contributed by atoms with Crippen molar-refractivity contribution in [1.29, 1.82) is 0 Å². The Labute approximate surface area is 165 Å². The zero-order chi connectivity index (χ0) is 19.8. The lowest BCUT2D eigenvalue weighted by atomic mass is 10.0. The van der Waals surface area contributed by atoms with Crippen LogP contribution in [0.1, 0.15) is 12.8 Å². The average Bonchev–Trinajstić information content (AvgIpc) is 2.76. The smallest absolute Gasteiger partial charge is 0.128 e. The number of benzene rings is 1. The summed E-state index contributed by atoms with van der Waals surface area (Å²) in [7, 11) is 1.00. The van der Waals surface area contributed by atoms with Gasteiger partial charge >= 0.3 is 0 Å². The maximum absolute atomic E-state index is 13.5. The molecule has 2 aliphatic heterocycles. The van der Waals surface area contributed by atoms with Gasteiger partial charge in [0.2, 0.25) is 0 Å². The molecule has 0 aliphatic carbocycles. The molecule has 152 valence electrons. The molecule has 0 bridgehead atoms. The van der Waals surface area contributed by atoms with Gasteiger partial charge in [-0.2, -0.15) is 0 Å². The average molecular weight is 388 g/mol. The summed E-state index contributed by atoms with van der Waals surface area (Å²) >= 11 is 0. The van der Waals surface area contributed by atoms with Crippen molar-refractivity contribution in [2.24, 2.45) is 0 Å². The van der Waals surface area contributed by atoms with Crippen LogP contribution in [0.3, 0.4) is 0 Å². The number of aromatic nitrogens is 1. The molecule has 0 spiro atoms. The standard InChI is InChI=1S/C20H25FN4O.CH4O/c21-16-3-1-5-18(13-16)25-8-2-4-17(15-25)23-20-14-19(6-7-22-20)24-9-11-26-12-10-24;1-2/h1,3,5-7,13-14,17H,2,4,8-12,15H2,(H,22,23);2H,1H3. The van der Waals surface area contributed by atoms with Gasteiger partial charge in [0, 0.05) is 63.0 Å². The van der Waals surface area contributed by atoms with E-state index in [1.54, 1.807) is 12.1 Å². The van der Waals surface area contributed by atoms with Crippen LogP contribution in [0, 0.1) is 5.82 Å². The molecule has 2 aliphatic rings. The zero-order valence-electron chi connectivity index (χ0n) is 16.4. The third-order valence-corrected chi connectivity index (χ3v) is 5.07. The maximum atomic E-state index is 13.5. The number of hydrogen-bond donors (Lipinski definition) is 2. The Hall–Kier alpha value is -2.38. The number of morpholine rings is 1. The van der Waals surface area contributed by atoms with E-state index in [-0.39, 0.29) is 5.82 Å². The fraction of sp³-hybridized carbons (Fsp3) is 0.476. The molecular formula is C21H29FN4O2. The highest BCUT2D eigenvalue weighted by atomic mass is 19.1. The van der Waals surface area contributed by atoms with Crippen LogP contribution in [0.15, 0.2) is 42.6 Å². The first kappa shape index (κ1) is 20.4. The number of aliphatic hydroxyl groups excluding tert-OH is 1. The number of piperidine rings is 1. The Morgan fingerprint density at radius 2 is 1.86 bits per heavy atom. The molecule has 2 N–H and O–H groups in total. The van der Waals surface area contributed by atoms with Crippen molar-refractivity contribution >= 4 is 17.2 Å². The number of nitrogens with zero attached hydrogens (tertiary/aromatic N) is 3. The topological polar surface area (TPSA) is 60.9 Å². The Morgan fingerprint density at radius 3 is 2.64 bits per heavy atom. The summed E-state index contributed by atoms with van der Waals surface area (Å²) in [5.74, 6) is 0.720. The van der Waals surface area contributed by atoms with Crippen LogP contribution in [-0.4, -0.2) is 62.6 Å². The third kappa shape index (κ3) is 5.33. The van der Waals surface area contributed by atoms with Gasteiger partial charge in [0.25, 0.3) is 0 Å². The van der Waals surface area contributed by atoms with E-state index in [1.807, 2.05) is 12.3 Å². The highest BCUT2D eigenvalue weighted by Crippen LogP contribution is 2.24. The van der Waals surface area contributed by atoms with E-state index < -0.39 is 0 Å². The molecule has 2 aromatic rings. The van der Waals surface area contributed by atoms with Crippen LogP contribution in [0.25, 0.3) is 0 Å². The molecule has 7 heteroatoms. The van der Waals surface area contributed by atoms with E-state index in [1.165, 1.54) is 11.8 Å². The third-order valence-electron chi connectivity index (χ3n) is 5.07. The second-order valence-corrected chi connectivity index (χ2v) is 6.91. The summed E-state index contributed by atoms with van der Waals surface area (Å²) in [5, 5.41) is 10.6. The van der Waals surface area contributed by atoms with Crippen molar-refractivity contribution in [2.75, 3.05) is 61.6 Å². The summed E-state index contributed by atoms with van der Waals surface area (Å²) in [5.41, 5.74) is 2.13. The van der Waals surface area contributed by atoms with Crippen LogP contribution in [0.4, 0.5) is 21.6 Å². The number of pyridine rings is 1. The Bertz CT molecular complexity index is 740. The lowest BCUT2D eigenvalue weighted by Gasteiger charge is -2.35. The van der Waals surface area contributed by atoms with Gasteiger partial charge in [0.15, 0.2) is 0 Å². The van der Waals surface area contributed by atoms with E-state index in [9.17, 15) is 4.39 Å². The fourth-order valence-corrected chi connectivity index (χ4v) is 3.73. The molecule has 2 fully saturated rings. The van der Waals surface area contributed by atoms with Crippen LogP contribution in [0.5, 0.6) is 0 Å². The van der Waals surface area contributed by atoms with E-state index in [0.29, 0.717) is 6.04 Å². The number of halogens is 1. The molecule has 1 unspecified atom stereocenters. The molecule has 1 aromatic heterocycles. The maximum Gasteiger partial charge on any atom is 0.128 e. The van der Waals surface area contributed by atoms with Crippen LogP contribution < -0.4 is 15.1 Å². The van der Waals surface area contributed by atoms with Gasteiger partial charge in [0.05, 0.1) is 13.2 Å². The van der Waals surface area contributed by atoms with Crippen molar-refractivity contribution in [3.05, 3.63) is 48.4 Å². The predicted octanol–water partition coefficient (Wildman–Crippen LogP) is 2.75. The van der Waals surface area contributed by atoms with Gasteiger partial charge < -0.3 is 25.0 Å². The summed E-state index contributed by atoms with van der Waals surface area (Å²) in [4.78, 5) is 9.07. The molecular weight excluding hydrogens is 359 g/mol. The van der Waals surface area contributed by atoms with Crippen molar-refractivity contribution < 1.29 is 14.2 Å². The normalized spacial score (nSPS) is 19.6. The van der Waals surface area contributed by atoms with Crippen LogP contribution in [-0.2, 0) is 4.74 Å². The van der Waals surface area contributed by atoms with Crippen LogP contribution in [0.2, 0.25) is 0 Å². The largest absolute Gasteiger partial charge is 0.400 e. The van der Waals surface area contributed by atoms with E-state index in [2.05, 4.69) is 32.2 Å². The second-order valence-electron chi connectivity index (χ2n) is 6.91. The highest BCUT2D eigenvalue weighted by Gasteiger charge is 2.21. The minimum absolute atomic E-state index is 0.183. The molecule has 1 atom stereocenters. The molecule has 0 saturated carbocycles. The second kappa shape index (κ2) is 10.2. The molecule has 4 rings (SSSR count). The van der Waals surface area contributed by atoms with Gasteiger partial charge in [-0.05, 0) is 37.1 Å². The highest BCUT2D eigenvalue weighted by molar-refractivity contribution is 5.55. The summed E-state index contributed by atoms with van der Waals surface area (Å²) in [6, 6.07) is 11.3. The number of rotatable bonds is 4. The molecule has 0 radical (unpaired) electrons. The number of ether oxygens (including phenoxy) is 1. The molecule has 6 nitrogen and oxygen atoms in total. The van der Waals surface area contributed by atoms with Gasteiger partial charge in [-0.1, -0.05) is 6.07 Å². The zero-order valence-corrected chi connectivity index (χ0v) is 16.4. The summed E-state index contributed by atoms with van der Waals surface area (Å²) in [6.45, 7) is 5.20. The number of aliphatic hydroxyl groups is 1. The van der Waals surface area contributed by atoms with Crippen molar-refractivity contribution in [3.63, 3.8) is 0 Å². The fourth-order valence-electron chi connectivity index (χ4n) is 3.73. The van der Waals surface area contributed by atoms with Crippen molar-refractivity contribution in [3.8, 4) is 0 Å². The number of anilines is 3. The van der Waals surface area contributed by atoms with Crippen molar-refractivity contribution in [1.82, 2.24) is 4.98 Å². The van der Waals surface area contributed by atoms with Gasteiger partial charge in [-0.3, -0.25) is 0 Å². The first-order chi connectivity index (χ1) is 13.8. The summed E-state index contributed by atoms with van der Waals surface area (Å²) in [6.07, 6.45) is 4.03. The van der Waals surface area contributed by atoms with E-state index in [0.717, 1.165) is 70.8 Å². The first-order valence-electron chi connectivity index (χ1n) is 9.78. The van der Waals surface area contributed by atoms with E-state index >= 15 is 0 Å². The Kier molecular flexibility index (Phi) is 7.45. The number of hydrogen-bond acceptors (Lipinski definition) is 6. The number of nitrogens with one attached hydrogen (secondary N) is 1. The van der Waals surface area contributed by atoms with Gasteiger partial charge in [-0.25, -0.2) is 9.37 Å². The minimum atomic E-state index is -0.183. The predicted molar refractivity (Wildman–Crippen MR) is 111 cm³/mol. The van der Waals surface area contributed by atoms with Gasteiger partial charge in [0.1, 0.15) is 11.6 Å². The minimum Gasteiger partial charge on any atom is -0.400 e. The van der Waals surface area contributed by atoms with Gasteiger partial charge in [-0.15, -0.1) is 0 Å².